The summed E-state index contributed by atoms with van der Waals surface area (Å²) >= 11 is -10.2. The normalized spacial score (nSPS) is 16.5. The topological polar surface area (TPSA) is 107 Å². The maximum atomic E-state index is 17.9. The minimum atomic E-state index is -10.2. The molecular formula is C41H79O7Zr. The summed E-state index contributed by atoms with van der Waals surface area (Å²) in [4.78, 5) is 46.8. The van der Waals surface area contributed by atoms with E-state index < -0.39 is 65.2 Å². The van der Waals surface area contributed by atoms with Crippen LogP contribution in [0.25, 0.3) is 0 Å². The van der Waals surface area contributed by atoms with E-state index >= 15 is 17.2 Å². The summed E-state index contributed by atoms with van der Waals surface area (Å²) in [6, 6.07) is 0. The van der Waals surface area contributed by atoms with Crippen LogP contribution in [-0.4, -0.2) is 22.3 Å². The molecule has 0 fully saturated rings. The van der Waals surface area contributed by atoms with Crippen molar-refractivity contribution in [2.45, 2.75) is 188 Å². The number of hydrogen-bond acceptors (Lipinski definition) is 7. The zero-order chi connectivity index (χ0) is 38.6. The molecule has 0 aliphatic rings. The maximum absolute atomic E-state index is 17.9. The summed E-state index contributed by atoms with van der Waals surface area (Å²) in [7, 11) is 0. The van der Waals surface area contributed by atoms with Gasteiger partial charge in [-0.25, -0.2) is 0 Å². The van der Waals surface area contributed by atoms with Crippen LogP contribution in [0.2, 0.25) is 8.26 Å². The number of carbonyl (C=O) groups excluding carboxylic acids is 3. The van der Waals surface area contributed by atoms with Crippen molar-refractivity contribution in [3.8, 4) is 0 Å². The molecule has 1 N–H and O–H groups in total. The van der Waals surface area contributed by atoms with E-state index in [9.17, 15) is 5.26 Å². The predicted molar refractivity (Wildman–Crippen MR) is 202 cm³/mol. The molecule has 0 heterocycles. The fraction of sp³-hybridized carbons (Fsp3) is 0.829. The molecule has 0 aromatic rings. The first-order chi connectivity index (χ1) is 22.0. The number of carbonyl (C=O) groups is 3. The molecule has 0 rings (SSSR count). The van der Waals surface area contributed by atoms with E-state index in [4.69, 9.17) is 5.78 Å². The van der Waals surface area contributed by atoms with Crippen molar-refractivity contribution in [1.29, 1.82) is 0 Å². The first-order valence-corrected chi connectivity index (χ1v) is 29.4. The zero-order valence-corrected chi connectivity index (χ0v) is 36.7. The van der Waals surface area contributed by atoms with Crippen LogP contribution in [0.1, 0.15) is 179 Å². The Morgan fingerprint density at radius 2 is 0.816 bits per heavy atom. The van der Waals surface area contributed by atoms with Crippen molar-refractivity contribution in [3.63, 3.8) is 0 Å². The predicted octanol–water partition coefficient (Wildman–Crippen LogP) is 12.8. The second kappa shape index (κ2) is 14.8. The van der Waals surface area contributed by atoms with Crippen molar-refractivity contribution in [2.24, 2.45) is 21.7 Å². The molecule has 0 aromatic carbocycles. The van der Waals surface area contributed by atoms with Gasteiger partial charge in [0, 0.05) is 0 Å². The minimum absolute atomic E-state index is 0.0794. The van der Waals surface area contributed by atoms with Crippen LogP contribution in [0, 0.1) is 21.7 Å². The molecule has 0 bridgehead atoms. The Morgan fingerprint density at radius 3 is 1.02 bits per heavy atom. The molecule has 0 amide bonds. The van der Waals surface area contributed by atoms with Crippen molar-refractivity contribution < 1.29 is 43.4 Å². The van der Waals surface area contributed by atoms with Crippen LogP contribution in [0.3, 0.4) is 0 Å². The second-order valence-electron chi connectivity index (χ2n) is 21.3. The van der Waals surface area contributed by atoms with Crippen LogP contribution >= 0.6 is 0 Å². The Morgan fingerprint density at radius 1 is 0.531 bits per heavy atom. The Hall–Kier alpha value is -0.947. The zero-order valence-electron chi connectivity index (χ0n) is 34.2. The number of hydrogen-bond donors (Lipinski definition) is 1. The molecule has 0 saturated heterocycles. The fourth-order valence-electron chi connectivity index (χ4n) is 8.04. The second-order valence-corrected chi connectivity index (χ2v) is 46.8. The van der Waals surface area contributed by atoms with Gasteiger partial charge < -0.3 is 0 Å². The summed E-state index contributed by atoms with van der Waals surface area (Å²) in [5, 5.41) is 11.7. The summed E-state index contributed by atoms with van der Waals surface area (Å²) in [5.41, 5.74) is -0.547. The summed E-state index contributed by atoms with van der Waals surface area (Å²) in [6.45, 7) is 31.8. The van der Waals surface area contributed by atoms with Gasteiger partial charge in [0.25, 0.3) is 0 Å². The number of unbranched alkanes of at least 4 members (excludes halogenated alkanes) is 6. The summed E-state index contributed by atoms with van der Waals surface area (Å²) < 4.78 is 24.2. The van der Waals surface area contributed by atoms with Gasteiger partial charge in [0.2, 0.25) is 0 Å². The number of rotatable bonds is 25. The first kappa shape index (κ1) is 48.1. The van der Waals surface area contributed by atoms with E-state index in [1.807, 2.05) is 0 Å². The van der Waals surface area contributed by atoms with Crippen molar-refractivity contribution in [2.75, 3.05) is 6.61 Å². The molecule has 0 aliphatic heterocycles. The average molecular weight is 775 g/mol. The van der Waals surface area contributed by atoms with Gasteiger partial charge in [-0.15, -0.1) is 0 Å². The first-order valence-electron chi connectivity index (χ1n) is 19.3. The van der Waals surface area contributed by atoms with Crippen molar-refractivity contribution >= 4 is 10.5 Å². The Kier molecular flexibility index (Phi) is 14.5. The SMILES string of the molecule is C=C[CH2][Zr](=[O])([CH2]C=C)([O]O)([O]CC(C)(C)C)([C](=O)CCCCCC(C)(C)C)([C](=O)CCCCCC(C)(C)C)[C](=O)CCCCCC(C)(C)C. The molecule has 0 spiro atoms. The Labute approximate surface area is 293 Å². The molecule has 0 saturated carbocycles. The molecule has 0 aliphatic carbocycles. The van der Waals surface area contributed by atoms with Crippen LogP contribution in [-0.2, 0) is 38.2 Å². The quantitative estimate of drug-likeness (QED) is 0.0426. The van der Waals surface area contributed by atoms with Crippen LogP contribution in [0.5, 0.6) is 0 Å². The molecule has 0 aromatic heterocycles. The van der Waals surface area contributed by atoms with E-state index in [0.29, 0.717) is 19.3 Å². The molecule has 0 unspecified atom stereocenters. The van der Waals surface area contributed by atoms with Gasteiger partial charge in [-0.1, -0.05) is 0 Å². The van der Waals surface area contributed by atoms with E-state index in [1.165, 1.54) is 0 Å². The summed E-state index contributed by atoms with van der Waals surface area (Å²) in [6.07, 6.45) is 8.49. The molecular weight excluding hydrogens is 696 g/mol. The van der Waals surface area contributed by atoms with Gasteiger partial charge in [-0.2, -0.15) is 0 Å². The van der Waals surface area contributed by atoms with Crippen molar-refractivity contribution in [3.05, 3.63) is 25.3 Å². The van der Waals surface area contributed by atoms with E-state index in [-0.39, 0.29) is 35.5 Å². The van der Waals surface area contributed by atoms with Gasteiger partial charge >= 0.3 is 295 Å². The Bertz CT molecular complexity index is 1230. The van der Waals surface area contributed by atoms with Crippen LogP contribution in [0.4, 0.5) is 0 Å². The van der Waals surface area contributed by atoms with Crippen molar-refractivity contribution in [1.82, 2.24) is 0 Å². The van der Waals surface area contributed by atoms with Gasteiger partial charge in [-0.3, -0.25) is 0 Å². The third kappa shape index (κ3) is 9.17. The monoisotopic (exact) mass is 773 g/mol. The molecule has 0 radical (unpaired) electrons. The molecule has 0 atom stereocenters. The van der Waals surface area contributed by atoms with Gasteiger partial charge in [0.05, 0.1) is 0 Å². The van der Waals surface area contributed by atoms with Crippen LogP contribution in [0.15, 0.2) is 25.3 Å². The third-order valence-electron chi connectivity index (χ3n) is 11.6. The average Bonchev–Trinajstić information content (AvgIpc) is 2.94. The molecule has 289 valence electrons. The molecule has 49 heavy (non-hydrogen) atoms. The van der Waals surface area contributed by atoms with E-state index in [0.717, 1.165) is 50.7 Å². The fourth-order valence-corrected chi connectivity index (χ4v) is 32.4. The Balaban J connectivity index is 7.86. The molecule has 8 heteroatoms. The van der Waals surface area contributed by atoms with E-state index in [2.05, 4.69) is 75.5 Å². The summed E-state index contributed by atoms with van der Waals surface area (Å²) in [5.74, 6) is 0. The van der Waals surface area contributed by atoms with Gasteiger partial charge in [0.15, 0.2) is 0 Å². The van der Waals surface area contributed by atoms with Crippen LogP contribution < -0.4 is 0 Å². The van der Waals surface area contributed by atoms with E-state index in [1.54, 1.807) is 20.8 Å². The number of allylic oxidation sites excluding steroid dienone is 2. The standard InChI is InChI=1S/3C10H19O.C5H11O.2C3H5.H2O2.O.Zr/c3*1-10(2,3)8-6-4-5-7-9-11;1-5(2,3)4-6;2*1-3-2;1-2;;/h3*4-8H2,1-3H3;4H2,1-3H3;2*3H,1-2H2;1-2H;;/q;;;-1;;;;;+2/p-1. The third-order valence-corrected chi connectivity index (χ3v) is 41.4. The van der Waals surface area contributed by atoms with Gasteiger partial charge in [-0.05, 0) is 0 Å². The van der Waals surface area contributed by atoms with Gasteiger partial charge in [0.1, 0.15) is 0 Å². The molecule has 7 nitrogen and oxygen atoms in total.